The van der Waals surface area contributed by atoms with Gasteiger partial charge in [0, 0.05) is 17.6 Å². The number of nitrogens with one attached hydrogen (secondary N) is 1. The lowest BCUT2D eigenvalue weighted by molar-refractivity contribution is 0.00578. The fourth-order valence-corrected chi connectivity index (χ4v) is 2.37. The lowest BCUT2D eigenvalue weighted by atomic mass is 9.78. The Hall–Kier alpha value is -1.67. The van der Waals surface area contributed by atoms with E-state index in [0.29, 0.717) is 0 Å². The second-order valence-corrected chi connectivity index (χ2v) is 8.39. The number of carbonyl (C=O) groups excluding carboxylic acids is 1. The summed E-state index contributed by atoms with van der Waals surface area (Å²) in [4.78, 5) is 11.7. The van der Waals surface area contributed by atoms with Gasteiger partial charge in [0.1, 0.15) is 5.60 Å². The van der Waals surface area contributed by atoms with E-state index in [1.807, 2.05) is 27.7 Å². The number of hydrogen-bond acceptors (Lipinski definition) is 4. The van der Waals surface area contributed by atoms with Gasteiger partial charge in [0.15, 0.2) is 11.6 Å². The molecule has 26 heavy (non-hydrogen) atoms. The summed E-state index contributed by atoms with van der Waals surface area (Å²) >= 11 is 0. The van der Waals surface area contributed by atoms with Crippen LogP contribution in [0.1, 0.15) is 54.0 Å². The second-order valence-electron chi connectivity index (χ2n) is 8.39. The number of hydrogen-bond donors (Lipinski definition) is 1. The molecule has 0 unspecified atom stereocenters. The fraction of sp³-hybridized carbons (Fsp3) is 0.611. The highest BCUT2D eigenvalue weighted by atomic mass is 19.2. The van der Waals surface area contributed by atoms with Gasteiger partial charge in [-0.1, -0.05) is 12.1 Å². The zero-order valence-corrected chi connectivity index (χ0v) is 16.3. The smallest absolute Gasteiger partial charge is 0.444 e. The van der Waals surface area contributed by atoms with Gasteiger partial charge in [-0.05, 0) is 48.5 Å². The lowest BCUT2D eigenvalue weighted by Crippen LogP contribution is -2.41. The van der Waals surface area contributed by atoms with Crippen LogP contribution in [-0.4, -0.2) is 30.0 Å². The Morgan fingerprint density at radius 2 is 1.65 bits per heavy atom. The minimum atomic E-state index is -1.05. The first-order chi connectivity index (χ1) is 11.7. The number of rotatable bonds is 3. The molecule has 1 aliphatic heterocycles. The van der Waals surface area contributed by atoms with Crippen molar-refractivity contribution in [2.75, 3.05) is 0 Å². The van der Waals surface area contributed by atoms with Gasteiger partial charge >= 0.3 is 13.2 Å². The Balaban J connectivity index is 2.13. The molecule has 0 spiro atoms. The van der Waals surface area contributed by atoms with E-state index in [2.05, 4.69) is 5.32 Å². The number of alkyl carbamates (subject to hydrolysis) is 1. The highest BCUT2D eigenvalue weighted by Crippen LogP contribution is 2.36. The third-order valence-electron chi connectivity index (χ3n) is 4.52. The van der Waals surface area contributed by atoms with Gasteiger partial charge < -0.3 is 19.4 Å². The van der Waals surface area contributed by atoms with Crippen LogP contribution in [0.4, 0.5) is 13.6 Å². The maximum atomic E-state index is 14.5. The molecule has 1 amide bonds. The molecule has 1 fully saturated rings. The van der Waals surface area contributed by atoms with Crippen molar-refractivity contribution < 1.29 is 27.6 Å². The first kappa shape index (κ1) is 20.6. The molecule has 0 aromatic heterocycles. The summed E-state index contributed by atoms with van der Waals surface area (Å²) < 4.78 is 45.5. The quantitative estimate of drug-likeness (QED) is 0.831. The Kier molecular flexibility index (Phi) is 5.41. The first-order valence-corrected chi connectivity index (χ1v) is 8.53. The van der Waals surface area contributed by atoms with Crippen molar-refractivity contribution in [2.24, 2.45) is 0 Å². The van der Waals surface area contributed by atoms with Gasteiger partial charge in [-0.15, -0.1) is 0 Å². The standard InChI is InChI=1S/C18H26BF2NO4/c1-16(2,3)24-15(23)22-10-11-8-9-12(14(21)13(11)20)19-25-17(4,5)18(6,7)26-19/h8-9H,10H2,1-7H3,(H,22,23). The SMILES string of the molecule is CC(C)(C)OC(=O)NCc1ccc(B2OC(C)(C)C(C)(C)O2)c(F)c1F. The third kappa shape index (κ3) is 4.35. The van der Waals surface area contributed by atoms with E-state index < -0.39 is 41.6 Å². The van der Waals surface area contributed by atoms with E-state index >= 15 is 0 Å². The minimum absolute atomic E-state index is 0.00799. The van der Waals surface area contributed by atoms with Gasteiger partial charge in [0.05, 0.1) is 11.2 Å². The van der Waals surface area contributed by atoms with Crippen LogP contribution in [0, 0.1) is 11.6 Å². The number of ether oxygens (including phenoxy) is 1. The van der Waals surface area contributed by atoms with Crippen LogP contribution < -0.4 is 10.8 Å². The van der Waals surface area contributed by atoms with Gasteiger partial charge in [-0.3, -0.25) is 0 Å². The van der Waals surface area contributed by atoms with Crippen molar-refractivity contribution in [2.45, 2.75) is 71.8 Å². The highest BCUT2D eigenvalue weighted by Gasteiger charge is 2.52. The highest BCUT2D eigenvalue weighted by molar-refractivity contribution is 6.62. The van der Waals surface area contributed by atoms with Crippen molar-refractivity contribution in [1.29, 1.82) is 0 Å². The molecule has 8 heteroatoms. The average Bonchev–Trinajstić information content (AvgIpc) is 2.67. The van der Waals surface area contributed by atoms with Gasteiger partial charge in [-0.2, -0.15) is 0 Å². The van der Waals surface area contributed by atoms with Crippen LogP contribution in [0.15, 0.2) is 12.1 Å². The molecule has 0 aliphatic carbocycles. The van der Waals surface area contributed by atoms with Crippen molar-refractivity contribution in [3.8, 4) is 0 Å². The number of carbonyl (C=O) groups is 1. The van der Waals surface area contributed by atoms with E-state index in [0.717, 1.165) is 0 Å². The summed E-state index contributed by atoms with van der Waals surface area (Å²) in [6.07, 6.45) is -0.702. The van der Waals surface area contributed by atoms with E-state index in [1.165, 1.54) is 12.1 Å². The molecule has 0 bridgehead atoms. The molecular weight excluding hydrogens is 343 g/mol. The molecule has 2 rings (SSSR count). The molecule has 5 nitrogen and oxygen atoms in total. The van der Waals surface area contributed by atoms with E-state index in [1.54, 1.807) is 20.8 Å². The fourth-order valence-electron chi connectivity index (χ4n) is 2.37. The normalized spacial score (nSPS) is 18.7. The molecule has 144 valence electrons. The lowest BCUT2D eigenvalue weighted by Gasteiger charge is -2.32. The van der Waals surface area contributed by atoms with Crippen LogP contribution >= 0.6 is 0 Å². The van der Waals surface area contributed by atoms with Crippen molar-refractivity contribution >= 4 is 18.7 Å². The summed E-state index contributed by atoms with van der Waals surface area (Å²) in [7, 11) is -0.998. The molecule has 0 atom stereocenters. The van der Waals surface area contributed by atoms with Gasteiger partial charge in [0.25, 0.3) is 0 Å². The zero-order valence-electron chi connectivity index (χ0n) is 16.3. The third-order valence-corrected chi connectivity index (χ3v) is 4.52. The van der Waals surface area contributed by atoms with Gasteiger partial charge in [-0.25, -0.2) is 13.6 Å². The largest absolute Gasteiger partial charge is 0.497 e. The molecule has 1 aromatic carbocycles. The molecule has 1 N–H and O–H groups in total. The molecule has 0 radical (unpaired) electrons. The predicted molar refractivity (Wildman–Crippen MR) is 95.1 cm³/mol. The number of amides is 1. The van der Waals surface area contributed by atoms with Crippen LogP contribution in [0.25, 0.3) is 0 Å². The summed E-state index contributed by atoms with van der Waals surface area (Å²) in [5.74, 6) is -2.10. The molecule has 1 heterocycles. The molecule has 1 aromatic rings. The maximum absolute atomic E-state index is 14.5. The average molecular weight is 369 g/mol. The van der Waals surface area contributed by atoms with E-state index in [9.17, 15) is 13.6 Å². The Morgan fingerprint density at radius 3 is 2.15 bits per heavy atom. The molecule has 0 saturated carbocycles. The number of benzene rings is 1. The first-order valence-electron chi connectivity index (χ1n) is 8.53. The monoisotopic (exact) mass is 369 g/mol. The summed E-state index contributed by atoms with van der Waals surface area (Å²) in [5.41, 5.74) is -1.99. The summed E-state index contributed by atoms with van der Waals surface area (Å²) in [6, 6.07) is 2.81. The van der Waals surface area contributed by atoms with Crippen LogP contribution in [0.2, 0.25) is 0 Å². The Morgan fingerprint density at radius 1 is 1.12 bits per heavy atom. The van der Waals surface area contributed by atoms with Crippen molar-refractivity contribution in [1.82, 2.24) is 5.32 Å². The van der Waals surface area contributed by atoms with Crippen LogP contribution in [0.3, 0.4) is 0 Å². The minimum Gasteiger partial charge on any atom is -0.444 e. The molecule has 1 aliphatic rings. The summed E-state index contributed by atoms with van der Waals surface area (Å²) in [6.45, 7) is 12.3. The zero-order chi connectivity index (χ0) is 19.9. The van der Waals surface area contributed by atoms with Gasteiger partial charge in [0.2, 0.25) is 0 Å². The maximum Gasteiger partial charge on any atom is 0.497 e. The number of halogens is 2. The van der Waals surface area contributed by atoms with Crippen LogP contribution in [-0.2, 0) is 20.6 Å². The van der Waals surface area contributed by atoms with Crippen molar-refractivity contribution in [3.63, 3.8) is 0 Å². The Labute approximate surface area is 153 Å². The van der Waals surface area contributed by atoms with E-state index in [4.69, 9.17) is 14.0 Å². The Bertz CT molecular complexity index is 685. The second kappa shape index (κ2) is 6.81. The van der Waals surface area contributed by atoms with Crippen molar-refractivity contribution in [3.05, 3.63) is 29.3 Å². The predicted octanol–water partition coefficient (Wildman–Crippen LogP) is 3.29. The molecular formula is C18H26BF2NO4. The van der Waals surface area contributed by atoms with Crippen LogP contribution in [0.5, 0.6) is 0 Å². The summed E-state index contributed by atoms with van der Waals surface area (Å²) in [5, 5.41) is 2.41. The topological polar surface area (TPSA) is 56.8 Å². The molecule has 1 saturated heterocycles. The van der Waals surface area contributed by atoms with E-state index in [-0.39, 0.29) is 17.6 Å².